The number of fused-ring (bicyclic) bond motifs is 1. The number of hydrogen-bond acceptors (Lipinski definition) is 2. The van der Waals surface area contributed by atoms with Crippen molar-refractivity contribution in [3.05, 3.63) is 35.4 Å². The summed E-state index contributed by atoms with van der Waals surface area (Å²) >= 11 is 0. The van der Waals surface area contributed by atoms with Crippen LogP contribution in [0.25, 0.3) is 0 Å². The van der Waals surface area contributed by atoms with Crippen LogP contribution in [0.4, 0.5) is 4.79 Å². The van der Waals surface area contributed by atoms with Crippen molar-refractivity contribution in [2.45, 2.75) is 78.5 Å². The number of carbonyl (C=O) groups excluding carboxylic acids is 1. The summed E-state index contributed by atoms with van der Waals surface area (Å²) in [5, 5.41) is 0. The number of hydrogen-bond donors (Lipinski definition) is 0. The lowest BCUT2D eigenvalue weighted by molar-refractivity contribution is 0.0107. The van der Waals surface area contributed by atoms with E-state index in [-0.39, 0.29) is 12.1 Å². The molecule has 0 saturated carbocycles. The van der Waals surface area contributed by atoms with Crippen molar-refractivity contribution in [3.63, 3.8) is 0 Å². The first-order valence-electron chi connectivity index (χ1n) is 8.82. The van der Waals surface area contributed by atoms with Crippen molar-refractivity contribution in [1.82, 2.24) is 4.90 Å². The average molecular weight is 317 g/mol. The van der Waals surface area contributed by atoms with Crippen molar-refractivity contribution in [2.75, 3.05) is 0 Å². The molecule has 2 rings (SSSR count). The zero-order valence-corrected chi connectivity index (χ0v) is 15.3. The first kappa shape index (κ1) is 17.8. The van der Waals surface area contributed by atoms with Crippen molar-refractivity contribution >= 4 is 6.09 Å². The van der Waals surface area contributed by atoms with Crippen molar-refractivity contribution < 1.29 is 9.53 Å². The standard InChI is InChI=1S/C20H31NO2/c1-15(2)9-8-12-18-13-16-10-6-7-11-17(16)14-21(18)19(22)23-20(3,4)5/h6-7,10-11,15,18H,8-9,12-14H2,1-5H3. The van der Waals surface area contributed by atoms with Gasteiger partial charge < -0.3 is 9.64 Å². The molecular weight excluding hydrogens is 286 g/mol. The predicted octanol–water partition coefficient (Wildman–Crippen LogP) is 5.17. The molecule has 0 radical (unpaired) electrons. The molecule has 0 saturated heterocycles. The summed E-state index contributed by atoms with van der Waals surface area (Å²) in [6, 6.07) is 8.70. The fraction of sp³-hybridized carbons (Fsp3) is 0.650. The lowest BCUT2D eigenvalue weighted by Gasteiger charge is -2.38. The van der Waals surface area contributed by atoms with Gasteiger partial charge in [-0.1, -0.05) is 51.0 Å². The molecule has 0 aliphatic carbocycles. The molecule has 3 heteroatoms. The van der Waals surface area contributed by atoms with E-state index in [1.54, 1.807) is 0 Å². The molecule has 0 bridgehead atoms. The van der Waals surface area contributed by atoms with Gasteiger partial charge in [-0.25, -0.2) is 4.79 Å². The SMILES string of the molecule is CC(C)CCCC1Cc2ccccc2CN1C(=O)OC(C)(C)C. The van der Waals surface area contributed by atoms with Gasteiger partial charge >= 0.3 is 6.09 Å². The Hall–Kier alpha value is -1.51. The molecule has 0 fully saturated rings. The Kier molecular flexibility index (Phi) is 5.72. The molecule has 0 aromatic heterocycles. The van der Waals surface area contributed by atoms with Gasteiger partial charge in [0.1, 0.15) is 5.60 Å². The molecule has 0 N–H and O–H groups in total. The van der Waals surface area contributed by atoms with Gasteiger partial charge in [0.2, 0.25) is 0 Å². The van der Waals surface area contributed by atoms with Crippen LogP contribution in [-0.2, 0) is 17.7 Å². The molecule has 0 spiro atoms. The van der Waals surface area contributed by atoms with Crippen LogP contribution in [0.3, 0.4) is 0 Å². The molecule has 1 aliphatic rings. The van der Waals surface area contributed by atoms with Crippen LogP contribution in [0.1, 0.15) is 65.0 Å². The highest BCUT2D eigenvalue weighted by atomic mass is 16.6. The zero-order valence-electron chi connectivity index (χ0n) is 15.3. The smallest absolute Gasteiger partial charge is 0.410 e. The van der Waals surface area contributed by atoms with Gasteiger partial charge in [0.05, 0.1) is 0 Å². The third kappa shape index (κ3) is 5.26. The second kappa shape index (κ2) is 7.37. The number of nitrogens with zero attached hydrogens (tertiary/aromatic N) is 1. The van der Waals surface area contributed by atoms with E-state index in [9.17, 15) is 4.79 Å². The molecular formula is C20H31NO2. The van der Waals surface area contributed by atoms with Gasteiger partial charge in [-0.15, -0.1) is 0 Å². The van der Waals surface area contributed by atoms with Gasteiger partial charge in [0.15, 0.2) is 0 Å². The maximum absolute atomic E-state index is 12.6. The van der Waals surface area contributed by atoms with Crippen LogP contribution >= 0.6 is 0 Å². The highest BCUT2D eigenvalue weighted by Crippen LogP contribution is 2.28. The van der Waals surface area contributed by atoms with Crippen molar-refractivity contribution in [2.24, 2.45) is 5.92 Å². The molecule has 1 heterocycles. The van der Waals surface area contributed by atoms with E-state index in [1.807, 2.05) is 31.7 Å². The third-order valence-corrected chi connectivity index (χ3v) is 4.30. The molecule has 23 heavy (non-hydrogen) atoms. The van der Waals surface area contributed by atoms with Crippen LogP contribution in [0.2, 0.25) is 0 Å². The topological polar surface area (TPSA) is 29.5 Å². The molecule has 1 aliphatic heterocycles. The molecule has 3 nitrogen and oxygen atoms in total. The predicted molar refractivity (Wildman–Crippen MR) is 94.4 cm³/mol. The number of amides is 1. The Morgan fingerprint density at radius 3 is 2.52 bits per heavy atom. The summed E-state index contributed by atoms with van der Waals surface area (Å²) in [5.74, 6) is 0.709. The normalized spacial score (nSPS) is 18.0. The minimum atomic E-state index is -0.448. The maximum atomic E-state index is 12.6. The number of carbonyl (C=O) groups is 1. The van der Waals surface area contributed by atoms with Crippen LogP contribution in [0, 0.1) is 5.92 Å². The quantitative estimate of drug-likeness (QED) is 0.766. The highest BCUT2D eigenvalue weighted by molar-refractivity contribution is 5.69. The van der Waals surface area contributed by atoms with E-state index in [1.165, 1.54) is 17.5 Å². The molecule has 1 aromatic carbocycles. The summed E-state index contributed by atoms with van der Waals surface area (Å²) in [6.07, 6.45) is 4.17. The first-order valence-corrected chi connectivity index (χ1v) is 8.82. The highest BCUT2D eigenvalue weighted by Gasteiger charge is 2.32. The molecule has 1 atom stereocenters. The zero-order chi connectivity index (χ0) is 17.0. The summed E-state index contributed by atoms with van der Waals surface area (Å²) in [4.78, 5) is 14.6. The van der Waals surface area contributed by atoms with Crippen LogP contribution in [0.15, 0.2) is 24.3 Å². The molecule has 1 unspecified atom stereocenters. The summed E-state index contributed by atoms with van der Waals surface area (Å²) in [6.45, 7) is 10.9. The third-order valence-electron chi connectivity index (χ3n) is 4.30. The Morgan fingerprint density at radius 1 is 1.26 bits per heavy atom. The Labute approximate surface area is 141 Å². The van der Waals surface area contributed by atoms with Gasteiger partial charge in [-0.05, 0) is 50.7 Å². The Bertz CT molecular complexity index is 531. The monoisotopic (exact) mass is 317 g/mol. The summed E-state index contributed by atoms with van der Waals surface area (Å²) in [5.41, 5.74) is 2.18. The largest absolute Gasteiger partial charge is 0.444 e. The molecule has 1 aromatic rings. The van der Waals surface area contributed by atoms with Gasteiger partial charge in [-0.3, -0.25) is 0 Å². The summed E-state index contributed by atoms with van der Waals surface area (Å²) in [7, 11) is 0. The number of ether oxygens (including phenoxy) is 1. The van der Waals surface area contributed by atoms with E-state index in [0.717, 1.165) is 19.3 Å². The van der Waals surface area contributed by atoms with Gasteiger partial charge in [-0.2, -0.15) is 0 Å². The number of benzene rings is 1. The van der Waals surface area contributed by atoms with Crippen molar-refractivity contribution in [3.8, 4) is 0 Å². The second-order valence-corrected chi connectivity index (χ2v) is 8.06. The molecule has 1 amide bonds. The summed E-state index contributed by atoms with van der Waals surface area (Å²) < 4.78 is 5.64. The van der Waals surface area contributed by atoms with Crippen LogP contribution in [0.5, 0.6) is 0 Å². The fourth-order valence-corrected chi connectivity index (χ4v) is 3.14. The van der Waals surface area contributed by atoms with E-state index in [4.69, 9.17) is 4.74 Å². The Morgan fingerprint density at radius 2 is 1.91 bits per heavy atom. The average Bonchev–Trinajstić information content (AvgIpc) is 2.44. The van der Waals surface area contributed by atoms with E-state index in [0.29, 0.717) is 12.5 Å². The molecule has 128 valence electrons. The lowest BCUT2D eigenvalue weighted by atomic mass is 9.90. The van der Waals surface area contributed by atoms with Gasteiger partial charge in [0, 0.05) is 12.6 Å². The Balaban J connectivity index is 2.12. The van der Waals surface area contributed by atoms with E-state index in [2.05, 4.69) is 32.0 Å². The first-order chi connectivity index (χ1) is 10.8. The minimum absolute atomic E-state index is 0.179. The number of rotatable bonds is 4. The van der Waals surface area contributed by atoms with Crippen LogP contribution < -0.4 is 0 Å². The van der Waals surface area contributed by atoms with Crippen LogP contribution in [-0.4, -0.2) is 22.6 Å². The second-order valence-electron chi connectivity index (χ2n) is 8.06. The maximum Gasteiger partial charge on any atom is 0.410 e. The van der Waals surface area contributed by atoms with E-state index < -0.39 is 5.60 Å². The van der Waals surface area contributed by atoms with E-state index >= 15 is 0 Å². The minimum Gasteiger partial charge on any atom is -0.444 e. The lowest BCUT2D eigenvalue weighted by Crippen LogP contribution is -2.46. The fourth-order valence-electron chi connectivity index (χ4n) is 3.14. The van der Waals surface area contributed by atoms with Crippen molar-refractivity contribution in [1.29, 1.82) is 0 Å². The van der Waals surface area contributed by atoms with Gasteiger partial charge in [0.25, 0.3) is 0 Å².